The van der Waals surface area contributed by atoms with Crippen molar-refractivity contribution < 1.29 is 80.2 Å². The van der Waals surface area contributed by atoms with Gasteiger partial charge < -0.3 is 33.8 Å². The van der Waals surface area contributed by atoms with E-state index in [-0.39, 0.29) is 25.7 Å². The molecule has 0 saturated heterocycles. The Morgan fingerprint density at radius 3 is 0.874 bits per heavy atom. The number of aliphatic hydroxyl groups is 1. The molecule has 0 aromatic carbocycles. The van der Waals surface area contributed by atoms with E-state index in [0.717, 1.165) is 114 Å². The average Bonchev–Trinajstić information content (AvgIpc) is 3.60. The molecule has 4 unspecified atom stereocenters. The summed E-state index contributed by atoms with van der Waals surface area (Å²) in [4.78, 5) is 72.3. The summed E-state index contributed by atoms with van der Waals surface area (Å²) in [5.74, 6) is 0.119. The van der Waals surface area contributed by atoms with Crippen LogP contribution in [-0.2, 0) is 65.4 Å². The van der Waals surface area contributed by atoms with Crippen molar-refractivity contribution in [3.63, 3.8) is 0 Å². The Morgan fingerprint density at radius 2 is 0.586 bits per heavy atom. The summed E-state index contributed by atoms with van der Waals surface area (Å²) in [6.07, 6.45) is 41.8. The molecule has 87 heavy (non-hydrogen) atoms. The fourth-order valence-corrected chi connectivity index (χ4v) is 11.7. The highest BCUT2D eigenvalue weighted by Crippen LogP contribution is 2.45. The molecule has 0 rings (SSSR count). The minimum atomic E-state index is -4.95. The third-order valence-corrected chi connectivity index (χ3v) is 18.3. The van der Waals surface area contributed by atoms with Crippen molar-refractivity contribution in [1.29, 1.82) is 0 Å². The predicted molar refractivity (Wildman–Crippen MR) is 349 cm³/mol. The SMILES string of the molecule is CCCCCCCCCCCC(=O)OC[C@H](COP(=O)(O)OC[C@H](O)COP(=O)(O)OC[C@@H](COC(=O)CCCCCCCCC(C)CC)OC(=O)CCCCCCCCCCCCCCCCCC(C)C)OC(=O)CCCCCCCCC(C)CC. The molecule has 0 aliphatic carbocycles. The summed E-state index contributed by atoms with van der Waals surface area (Å²) >= 11 is 0. The van der Waals surface area contributed by atoms with E-state index in [2.05, 4.69) is 48.5 Å². The number of hydrogen-bond donors (Lipinski definition) is 3. The third kappa shape index (κ3) is 60.1. The minimum absolute atomic E-state index is 0.103. The summed E-state index contributed by atoms with van der Waals surface area (Å²) in [7, 11) is -9.89. The number of phosphoric ester groups is 2. The molecule has 0 amide bonds. The van der Waals surface area contributed by atoms with Crippen LogP contribution >= 0.6 is 15.6 Å². The molecule has 0 bridgehead atoms. The lowest BCUT2D eigenvalue weighted by Crippen LogP contribution is -2.30. The van der Waals surface area contributed by atoms with E-state index >= 15 is 0 Å². The van der Waals surface area contributed by atoms with Crippen LogP contribution in [-0.4, -0.2) is 96.7 Å². The van der Waals surface area contributed by atoms with E-state index in [1.54, 1.807) is 0 Å². The number of carbonyl (C=O) groups is 4. The maximum absolute atomic E-state index is 13.0. The van der Waals surface area contributed by atoms with Crippen LogP contribution in [0.3, 0.4) is 0 Å². The first-order chi connectivity index (χ1) is 41.8. The first-order valence-electron chi connectivity index (χ1n) is 35.4. The first-order valence-corrected chi connectivity index (χ1v) is 38.4. The molecular formula is C68H132O17P2. The monoisotopic (exact) mass is 1280 g/mol. The molecular weight excluding hydrogens is 1150 g/mol. The largest absolute Gasteiger partial charge is 0.472 e. The molecule has 0 aromatic heterocycles. The van der Waals surface area contributed by atoms with Gasteiger partial charge in [-0.15, -0.1) is 0 Å². The number of aliphatic hydroxyl groups excluding tert-OH is 1. The number of hydrogen-bond acceptors (Lipinski definition) is 15. The van der Waals surface area contributed by atoms with Gasteiger partial charge in [-0.2, -0.15) is 0 Å². The molecule has 0 spiro atoms. The van der Waals surface area contributed by atoms with Gasteiger partial charge in [-0.3, -0.25) is 37.3 Å². The van der Waals surface area contributed by atoms with Crippen molar-refractivity contribution in [1.82, 2.24) is 0 Å². The third-order valence-electron chi connectivity index (χ3n) is 16.4. The highest BCUT2D eigenvalue weighted by molar-refractivity contribution is 7.47. The van der Waals surface area contributed by atoms with E-state index in [1.165, 1.54) is 141 Å². The summed E-state index contributed by atoms with van der Waals surface area (Å²) in [6.45, 7) is 11.8. The second-order valence-corrected chi connectivity index (χ2v) is 28.4. The fourth-order valence-electron chi connectivity index (χ4n) is 10.1. The van der Waals surface area contributed by atoms with Crippen LogP contribution in [0, 0.1) is 17.8 Å². The van der Waals surface area contributed by atoms with Crippen molar-refractivity contribution in [2.45, 2.75) is 356 Å². The normalized spacial score (nSPS) is 14.9. The molecule has 0 aliphatic heterocycles. The van der Waals surface area contributed by atoms with Crippen molar-refractivity contribution in [2.24, 2.45) is 17.8 Å². The first kappa shape index (κ1) is 85.1. The Balaban J connectivity index is 5.20. The van der Waals surface area contributed by atoms with Gasteiger partial charge >= 0.3 is 39.5 Å². The van der Waals surface area contributed by atoms with Crippen LogP contribution in [0.5, 0.6) is 0 Å². The van der Waals surface area contributed by atoms with Crippen LogP contribution in [0.25, 0.3) is 0 Å². The smallest absolute Gasteiger partial charge is 0.462 e. The van der Waals surface area contributed by atoms with E-state index in [1.807, 2.05) is 0 Å². The Hall–Kier alpha value is -1.94. The summed E-state index contributed by atoms with van der Waals surface area (Å²) < 4.78 is 68.1. The van der Waals surface area contributed by atoms with Crippen molar-refractivity contribution in [2.75, 3.05) is 39.6 Å². The van der Waals surface area contributed by atoms with Crippen LogP contribution in [0.2, 0.25) is 0 Å². The highest BCUT2D eigenvalue weighted by atomic mass is 31.2. The van der Waals surface area contributed by atoms with Crippen molar-refractivity contribution in [3.8, 4) is 0 Å². The van der Waals surface area contributed by atoms with Gasteiger partial charge in [0.05, 0.1) is 26.4 Å². The quantitative estimate of drug-likeness (QED) is 0.0222. The zero-order chi connectivity index (χ0) is 64.5. The molecule has 516 valence electrons. The molecule has 0 aromatic rings. The topological polar surface area (TPSA) is 237 Å². The van der Waals surface area contributed by atoms with Gasteiger partial charge in [-0.25, -0.2) is 9.13 Å². The predicted octanol–water partition coefficient (Wildman–Crippen LogP) is 19.1. The van der Waals surface area contributed by atoms with E-state index in [0.29, 0.717) is 25.7 Å². The zero-order valence-electron chi connectivity index (χ0n) is 56.5. The number of rotatable bonds is 66. The average molecular weight is 1280 g/mol. The Labute approximate surface area is 530 Å². The van der Waals surface area contributed by atoms with Crippen LogP contribution in [0.15, 0.2) is 0 Å². The lowest BCUT2D eigenvalue weighted by atomic mass is 10.00. The van der Waals surface area contributed by atoms with Crippen LogP contribution in [0.4, 0.5) is 0 Å². The van der Waals surface area contributed by atoms with E-state index in [4.69, 9.17) is 37.0 Å². The van der Waals surface area contributed by atoms with Crippen LogP contribution in [0.1, 0.15) is 337 Å². The molecule has 0 fully saturated rings. The number of carbonyl (C=O) groups excluding carboxylic acids is 4. The van der Waals surface area contributed by atoms with Gasteiger partial charge in [0.25, 0.3) is 0 Å². The fraction of sp³-hybridized carbons (Fsp3) is 0.941. The van der Waals surface area contributed by atoms with Gasteiger partial charge in [0.2, 0.25) is 0 Å². The molecule has 19 heteroatoms. The van der Waals surface area contributed by atoms with Gasteiger partial charge in [0.1, 0.15) is 19.3 Å². The molecule has 0 saturated carbocycles. The van der Waals surface area contributed by atoms with Gasteiger partial charge in [0, 0.05) is 25.7 Å². The number of unbranched alkanes of at least 4 members (excludes halogenated alkanes) is 32. The van der Waals surface area contributed by atoms with Crippen LogP contribution < -0.4 is 0 Å². The minimum Gasteiger partial charge on any atom is -0.462 e. The Bertz CT molecular complexity index is 1720. The van der Waals surface area contributed by atoms with Gasteiger partial charge in [-0.05, 0) is 43.4 Å². The Kier molecular flexibility index (Phi) is 57.8. The maximum atomic E-state index is 13.0. The standard InChI is InChI=1S/C68H132O17P2/c1-8-11-12-13-14-22-26-35-42-49-65(70)78-55-64(85-68(73)52-45-38-31-29-34-41-48-61(7)10-3)58-83-87(76,77)81-54-62(69)53-80-86(74,75)82-57-63(56-79-66(71)50-43-36-30-28-33-40-47-60(6)9-2)84-67(72)51-44-37-27-24-21-19-17-15-16-18-20-23-25-32-39-46-59(4)5/h59-64,69H,8-58H2,1-7H3,(H,74,75)(H,76,77)/t60?,61?,62-,63-,64-/m1/s1. The molecule has 7 atom stereocenters. The summed E-state index contributed by atoms with van der Waals surface area (Å²) in [6, 6.07) is 0. The lowest BCUT2D eigenvalue weighted by Gasteiger charge is -2.21. The van der Waals surface area contributed by atoms with Crippen molar-refractivity contribution in [3.05, 3.63) is 0 Å². The maximum Gasteiger partial charge on any atom is 0.472 e. The van der Waals surface area contributed by atoms with Gasteiger partial charge in [0.15, 0.2) is 12.2 Å². The highest BCUT2D eigenvalue weighted by Gasteiger charge is 2.30. The molecule has 0 heterocycles. The van der Waals surface area contributed by atoms with Crippen molar-refractivity contribution >= 4 is 39.5 Å². The molecule has 0 aliphatic rings. The summed E-state index contributed by atoms with van der Waals surface area (Å²) in [5.41, 5.74) is 0. The molecule has 3 N–H and O–H groups in total. The number of esters is 4. The van der Waals surface area contributed by atoms with E-state index < -0.39 is 97.5 Å². The molecule has 17 nitrogen and oxygen atoms in total. The summed E-state index contributed by atoms with van der Waals surface area (Å²) in [5, 5.41) is 10.6. The molecule has 0 radical (unpaired) electrons. The second kappa shape index (κ2) is 59.1. The lowest BCUT2D eigenvalue weighted by molar-refractivity contribution is -0.161. The zero-order valence-corrected chi connectivity index (χ0v) is 58.3. The van der Waals surface area contributed by atoms with Gasteiger partial charge in [-0.1, -0.05) is 286 Å². The number of ether oxygens (including phenoxy) is 4. The number of phosphoric acid groups is 2. The van der Waals surface area contributed by atoms with E-state index in [9.17, 15) is 43.2 Å². The second-order valence-electron chi connectivity index (χ2n) is 25.5. The Morgan fingerprint density at radius 1 is 0.333 bits per heavy atom.